The molecule has 2 bridgehead atoms. The molecular weight excluding hydrogens is 136 g/mol. The van der Waals surface area contributed by atoms with Gasteiger partial charge in [0.05, 0.1) is 0 Å². The van der Waals surface area contributed by atoms with Gasteiger partial charge in [0, 0.05) is 12.5 Å². The summed E-state index contributed by atoms with van der Waals surface area (Å²) in [5.74, 6) is 1.97. The highest BCUT2D eigenvalue weighted by molar-refractivity contribution is 5.16. The Morgan fingerprint density at radius 3 is 2.55 bits per heavy atom. The molecule has 62 valence electrons. The van der Waals surface area contributed by atoms with Crippen LogP contribution in [0.15, 0.2) is 12.2 Å². The quantitative estimate of drug-likeness (QED) is 0.568. The van der Waals surface area contributed by atoms with E-state index in [9.17, 15) is 0 Å². The molecule has 3 rings (SSSR count). The van der Waals surface area contributed by atoms with Gasteiger partial charge < -0.3 is 5.11 Å². The Balaban J connectivity index is 2.21. The number of allylic oxidation sites excluding steroid dienone is 1. The lowest BCUT2D eigenvalue weighted by Crippen LogP contribution is -2.50. The van der Waals surface area contributed by atoms with E-state index in [-0.39, 0.29) is 0 Å². The molecule has 1 N–H and O–H groups in total. The van der Waals surface area contributed by atoms with E-state index in [2.05, 4.69) is 26.0 Å². The molecule has 0 radical (unpaired) electrons. The summed E-state index contributed by atoms with van der Waals surface area (Å²) in [6, 6.07) is 0. The van der Waals surface area contributed by atoms with Crippen LogP contribution in [0, 0.1) is 23.2 Å². The maximum atomic E-state index is 9.07. The first-order valence-electron chi connectivity index (χ1n) is 4.45. The van der Waals surface area contributed by atoms with E-state index in [1.807, 2.05) is 0 Å². The lowest BCUT2D eigenvalue weighted by molar-refractivity contribution is -0.0447. The van der Waals surface area contributed by atoms with Gasteiger partial charge in [0.15, 0.2) is 0 Å². The monoisotopic (exact) mass is 152 g/mol. The Labute approximate surface area is 68.1 Å². The molecule has 1 nitrogen and oxygen atoms in total. The van der Waals surface area contributed by atoms with E-state index >= 15 is 0 Å². The topological polar surface area (TPSA) is 20.2 Å². The van der Waals surface area contributed by atoms with Crippen molar-refractivity contribution in [3.8, 4) is 0 Å². The summed E-state index contributed by atoms with van der Waals surface area (Å²) in [6.07, 6.45) is 5.79. The van der Waals surface area contributed by atoms with Gasteiger partial charge in [0.1, 0.15) is 0 Å². The van der Waals surface area contributed by atoms with Gasteiger partial charge in [-0.15, -0.1) is 0 Å². The Kier molecular flexibility index (Phi) is 1.40. The van der Waals surface area contributed by atoms with Crippen LogP contribution in [-0.4, -0.2) is 11.7 Å². The van der Waals surface area contributed by atoms with E-state index in [0.29, 0.717) is 17.9 Å². The minimum Gasteiger partial charge on any atom is -0.396 e. The first-order valence-corrected chi connectivity index (χ1v) is 4.45. The van der Waals surface area contributed by atoms with Gasteiger partial charge >= 0.3 is 0 Å². The number of fused-ring (bicyclic) bond motifs is 1. The van der Waals surface area contributed by atoms with Crippen LogP contribution >= 0.6 is 0 Å². The van der Waals surface area contributed by atoms with Crippen LogP contribution in [0.2, 0.25) is 0 Å². The lowest BCUT2D eigenvalue weighted by atomic mass is 9.48. The number of rotatable bonds is 1. The van der Waals surface area contributed by atoms with E-state index in [1.165, 1.54) is 6.42 Å². The predicted molar refractivity (Wildman–Crippen MR) is 45.1 cm³/mol. The normalized spacial score (nSPS) is 45.2. The molecule has 0 aromatic rings. The van der Waals surface area contributed by atoms with Gasteiger partial charge in [-0.3, -0.25) is 0 Å². The minimum absolute atomic E-state index is 0.331. The zero-order valence-electron chi connectivity index (χ0n) is 7.25. The highest BCUT2D eigenvalue weighted by Crippen LogP contribution is 2.58. The van der Waals surface area contributed by atoms with Crippen molar-refractivity contribution in [1.29, 1.82) is 0 Å². The van der Waals surface area contributed by atoms with Gasteiger partial charge in [0.2, 0.25) is 0 Å². The van der Waals surface area contributed by atoms with Crippen LogP contribution < -0.4 is 0 Å². The summed E-state index contributed by atoms with van der Waals surface area (Å²) < 4.78 is 0. The number of hydrogen-bond acceptors (Lipinski definition) is 1. The molecule has 1 heteroatoms. The van der Waals surface area contributed by atoms with Crippen molar-refractivity contribution in [3.05, 3.63) is 12.2 Å². The fraction of sp³-hybridized carbons (Fsp3) is 0.800. The van der Waals surface area contributed by atoms with Crippen LogP contribution in [0.5, 0.6) is 0 Å². The van der Waals surface area contributed by atoms with Crippen molar-refractivity contribution in [2.45, 2.75) is 20.3 Å². The van der Waals surface area contributed by atoms with Gasteiger partial charge in [-0.05, 0) is 23.7 Å². The minimum atomic E-state index is 0.331. The standard InChI is InChI=1S/C10H16O/c1-10(2)8-4-3-7(6-11)9(10)5-8/h3-4,7-9,11H,5-6H2,1-2H3/t7?,8-,9-/m1/s1. The second kappa shape index (κ2) is 2.10. The summed E-state index contributed by atoms with van der Waals surface area (Å²) in [7, 11) is 0. The number of aliphatic hydroxyl groups excluding tert-OH is 1. The molecule has 3 aliphatic rings. The van der Waals surface area contributed by atoms with E-state index in [0.717, 1.165) is 11.8 Å². The summed E-state index contributed by atoms with van der Waals surface area (Å²) in [5, 5.41) is 9.07. The van der Waals surface area contributed by atoms with Crippen LogP contribution in [-0.2, 0) is 0 Å². The Hall–Kier alpha value is -0.300. The molecular formula is C10H16O. The maximum Gasteiger partial charge on any atom is 0.0496 e. The fourth-order valence-electron chi connectivity index (χ4n) is 2.65. The van der Waals surface area contributed by atoms with Gasteiger partial charge in [-0.2, -0.15) is 0 Å². The number of hydrogen-bond donors (Lipinski definition) is 1. The van der Waals surface area contributed by atoms with Crippen molar-refractivity contribution >= 4 is 0 Å². The average molecular weight is 152 g/mol. The van der Waals surface area contributed by atoms with Gasteiger partial charge in [-0.25, -0.2) is 0 Å². The van der Waals surface area contributed by atoms with Crippen LogP contribution in [0.1, 0.15) is 20.3 Å². The first-order chi connectivity index (χ1) is 5.16. The molecule has 0 amide bonds. The fourth-order valence-corrected chi connectivity index (χ4v) is 2.65. The molecule has 0 aromatic heterocycles. The second-order valence-corrected chi connectivity index (χ2v) is 4.50. The molecule has 1 fully saturated rings. The van der Waals surface area contributed by atoms with Crippen molar-refractivity contribution in [1.82, 2.24) is 0 Å². The molecule has 1 unspecified atom stereocenters. The molecule has 3 aliphatic carbocycles. The maximum absolute atomic E-state index is 9.07. The molecule has 3 atom stereocenters. The molecule has 1 saturated carbocycles. The molecule has 0 aliphatic heterocycles. The summed E-state index contributed by atoms with van der Waals surface area (Å²) in [6.45, 7) is 4.97. The molecule has 0 saturated heterocycles. The summed E-state index contributed by atoms with van der Waals surface area (Å²) in [5.41, 5.74) is 0.460. The molecule has 0 spiro atoms. The third kappa shape index (κ3) is 0.807. The van der Waals surface area contributed by atoms with Gasteiger partial charge in [-0.1, -0.05) is 26.0 Å². The molecule has 11 heavy (non-hydrogen) atoms. The van der Waals surface area contributed by atoms with Crippen molar-refractivity contribution in [2.24, 2.45) is 23.2 Å². The Morgan fingerprint density at radius 2 is 2.18 bits per heavy atom. The third-order valence-electron chi connectivity index (χ3n) is 3.74. The highest BCUT2D eigenvalue weighted by Gasteiger charge is 2.51. The predicted octanol–water partition coefficient (Wildman–Crippen LogP) is 1.83. The SMILES string of the molecule is CC1(C)[C@@H]2C=CC(CO)[C@H]1C2. The molecule has 0 heterocycles. The third-order valence-corrected chi connectivity index (χ3v) is 3.74. The van der Waals surface area contributed by atoms with E-state index in [1.54, 1.807) is 0 Å². The van der Waals surface area contributed by atoms with Crippen molar-refractivity contribution in [2.75, 3.05) is 6.61 Å². The van der Waals surface area contributed by atoms with Crippen molar-refractivity contribution < 1.29 is 5.11 Å². The Morgan fingerprint density at radius 1 is 1.45 bits per heavy atom. The molecule has 0 aromatic carbocycles. The average Bonchev–Trinajstić information content (AvgIpc) is 2.04. The van der Waals surface area contributed by atoms with Crippen LogP contribution in [0.3, 0.4) is 0 Å². The summed E-state index contributed by atoms with van der Waals surface area (Å²) >= 11 is 0. The second-order valence-electron chi connectivity index (χ2n) is 4.50. The van der Waals surface area contributed by atoms with E-state index < -0.39 is 0 Å². The smallest absolute Gasteiger partial charge is 0.0496 e. The first kappa shape index (κ1) is 7.35. The van der Waals surface area contributed by atoms with Gasteiger partial charge in [0.25, 0.3) is 0 Å². The van der Waals surface area contributed by atoms with Crippen LogP contribution in [0.4, 0.5) is 0 Å². The summed E-state index contributed by atoms with van der Waals surface area (Å²) in [4.78, 5) is 0. The highest BCUT2D eigenvalue weighted by atomic mass is 16.3. The zero-order valence-corrected chi connectivity index (χ0v) is 7.25. The largest absolute Gasteiger partial charge is 0.396 e. The van der Waals surface area contributed by atoms with Crippen molar-refractivity contribution in [3.63, 3.8) is 0 Å². The van der Waals surface area contributed by atoms with Crippen LogP contribution in [0.25, 0.3) is 0 Å². The number of aliphatic hydroxyl groups is 1. The van der Waals surface area contributed by atoms with E-state index in [4.69, 9.17) is 5.11 Å². The zero-order chi connectivity index (χ0) is 8.06. The lowest BCUT2D eigenvalue weighted by Gasteiger charge is -2.56. The Bertz CT molecular complexity index is 193.